The summed E-state index contributed by atoms with van der Waals surface area (Å²) in [5, 5.41) is 12.7. The number of fused-ring (bicyclic) bond motifs is 3. The van der Waals surface area contributed by atoms with E-state index in [4.69, 9.17) is 4.74 Å². The molecule has 0 aliphatic carbocycles. The highest BCUT2D eigenvalue weighted by Gasteiger charge is 2.17. The summed E-state index contributed by atoms with van der Waals surface area (Å²) in [5.74, 6) is 0.0751. The van der Waals surface area contributed by atoms with Crippen LogP contribution >= 0.6 is 0 Å². The van der Waals surface area contributed by atoms with Crippen LogP contribution in [0.2, 0.25) is 0 Å². The topological polar surface area (TPSA) is 74.4 Å². The highest BCUT2D eigenvalue weighted by atomic mass is 16.6. The Balaban J connectivity index is 1.78. The summed E-state index contributed by atoms with van der Waals surface area (Å²) in [5.41, 5.74) is 1.60. The second kappa shape index (κ2) is 6.33. The predicted molar refractivity (Wildman–Crippen MR) is 98.2 cm³/mol. The van der Waals surface area contributed by atoms with Crippen LogP contribution in [0.25, 0.3) is 21.8 Å². The number of esters is 1. The standard InChI is InChI=1S/C20H14N2O4/c23-20(26-15-6-2-1-3-7-15)13-21-18-9-5-4-8-16(18)17-12-14(22(24)25)10-11-19(17)21/h1-12H,13H2. The van der Waals surface area contributed by atoms with Crippen LogP contribution in [0.3, 0.4) is 0 Å². The normalized spacial score (nSPS) is 10.9. The molecule has 0 bridgehead atoms. The third-order valence-electron chi connectivity index (χ3n) is 4.23. The Bertz CT molecular complexity index is 1130. The number of non-ortho nitro benzene ring substituents is 1. The van der Waals surface area contributed by atoms with Crippen molar-refractivity contribution in [1.82, 2.24) is 4.57 Å². The Hall–Kier alpha value is -3.67. The van der Waals surface area contributed by atoms with Crippen molar-refractivity contribution in [3.8, 4) is 5.75 Å². The first-order chi connectivity index (χ1) is 12.6. The van der Waals surface area contributed by atoms with Gasteiger partial charge in [0.25, 0.3) is 5.69 Å². The van der Waals surface area contributed by atoms with Gasteiger partial charge in [0.1, 0.15) is 12.3 Å². The van der Waals surface area contributed by atoms with Crippen molar-refractivity contribution in [2.24, 2.45) is 0 Å². The molecule has 0 atom stereocenters. The molecule has 0 amide bonds. The maximum atomic E-state index is 12.4. The van der Waals surface area contributed by atoms with E-state index in [2.05, 4.69) is 0 Å². The first-order valence-corrected chi connectivity index (χ1v) is 8.04. The highest BCUT2D eigenvalue weighted by molar-refractivity contribution is 6.09. The summed E-state index contributed by atoms with van der Waals surface area (Å²) >= 11 is 0. The smallest absolute Gasteiger partial charge is 0.331 e. The number of rotatable bonds is 4. The van der Waals surface area contributed by atoms with Crippen LogP contribution in [0.1, 0.15) is 0 Å². The van der Waals surface area contributed by atoms with Gasteiger partial charge in [-0.15, -0.1) is 0 Å². The Morgan fingerprint density at radius 2 is 1.62 bits per heavy atom. The lowest BCUT2D eigenvalue weighted by Gasteiger charge is -2.08. The van der Waals surface area contributed by atoms with Gasteiger partial charge < -0.3 is 9.30 Å². The van der Waals surface area contributed by atoms with Gasteiger partial charge in [-0.3, -0.25) is 10.1 Å². The third kappa shape index (κ3) is 2.77. The van der Waals surface area contributed by atoms with Gasteiger partial charge in [-0.05, 0) is 24.3 Å². The number of nitro benzene ring substituents is 1. The van der Waals surface area contributed by atoms with Crippen LogP contribution in [0.4, 0.5) is 5.69 Å². The maximum absolute atomic E-state index is 12.4. The van der Waals surface area contributed by atoms with Gasteiger partial charge in [0.15, 0.2) is 0 Å². The van der Waals surface area contributed by atoms with E-state index in [1.807, 2.05) is 34.9 Å². The zero-order valence-electron chi connectivity index (χ0n) is 13.7. The molecule has 6 heteroatoms. The summed E-state index contributed by atoms with van der Waals surface area (Å²) < 4.78 is 7.20. The van der Waals surface area contributed by atoms with Crippen molar-refractivity contribution in [2.75, 3.05) is 0 Å². The van der Waals surface area contributed by atoms with Crippen LogP contribution in [-0.4, -0.2) is 15.5 Å². The van der Waals surface area contributed by atoms with Gasteiger partial charge >= 0.3 is 5.97 Å². The number of carbonyl (C=O) groups excluding carboxylic acids is 1. The number of aromatic nitrogens is 1. The van der Waals surface area contributed by atoms with Gasteiger partial charge in [-0.2, -0.15) is 0 Å². The van der Waals surface area contributed by atoms with E-state index in [0.717, 1.165) is 21.8 Å². The minimum atomic E-state index is -0.421. The summed E-state index contributed by atoms with van der Waals surface area (Å²) in [4.78, 5) is 23.1. The molecule has 1 aromatic heterocycles. The molecule has 26 heavy (non-hydrogen) atoms. The molecule has 0 radical (unpaired) electrons. The summed E-state index contributed by atoms with van der Waals surface area (Å²) in [7, 11) is 0. The van der Waals surface area contributed by atoms with E-state index in [-0.39, 0.29) is 12.2 Å². The number of hydrogen-bond acceptors (Lipinski definition) is 4. The van der Waals surface area contributed by atoms with Crippen LogP contribution in [0.15, 0.2) is 72.8 Å². The van der Waals surface area contributed by atoms with E-state index >= 15 is 0 Å². The van der Waals surface area contributed by atoms with Crippen molar-refractivity contribution in [3.05, 3.63) is 82.9 Å². The molecule has 0 spiro atoms. The Kier molecular flexibility index (Phi) is 3.85. The van der Waals surface area contributed by atoms with Crippen molar-refractivity contribution in [2.45, 2.75) is 6.54 Å². The fourth-order valence-electron chi connectivity index (χ4n) is 3.11. The number of hydrogen-bond donors (Lipinski definition) is 0. The molecular formula is C20H14N2O4. The molecule has 0 unspecified atom stereocenters. The number of ether oxygens (including phenoxy) is 1. The second-order valence-electron chi connectivity index (χ2n) is 5.85. The van der Waals surface area contributed by atoms with Crippen LogP contribution < -0.4 is 4.74 Å². The third-order valence-corrected chi connectivity index (χ3v) is 4.23. The molecule has 3 aromatic carbocycles. The number of nitro groups is 1. The average molecular weight is 346 g/mol. The zero-order chi connectivity index (χ0) is 18.1. The van der Waals surface area contributed by atoms with E-state index in [9.17, 15) is 14.9 Å². The largest absolute Gasteiger partial charge is 0.425 e. The minimum absolute atomic E-state index is 0.0106. The monoisotopic (exact) mass is 346 g/mol. The molecule has 0 fully saturated rings. The number of nitrogens with zero attached hydrogens (tertiary/aromatic N) is 2. The van der Waals surface area contributed by atoms with Crippen molar-refractivity contribution in [1.29, 1.82) is 0 Å². The second-order valence-corrected chi connectivity index (χ2v) is 5.85. The van der Waals surface area contributed by atoms with Gasteiger partial charge in [0, 0.05) is 28.4 Å². The zero-order valence-corrected chi connectivity index (χ0v) is 13.7. The molecule has 0 saturated heterocycles. The first-order valence-electron chi connectivity index (χ1n) is 8.04. The number of para-hydroxylation sites is 2. The minimum Gasteiger partial charge on any atom is -0.425 e. The molecule has 128 valence electrons. The molecule has 0 aliphatic rings. The van der Waals surface area contributed by atoms with Crippen molar-refractivity contribution in [3.63, 3.8) is 0 Å². The van der Waals surface area contributed by atoms with Crippen molar-refractivity contribution < 1.29 is 14.5 Å². The van der Waals surface area contributed by atoms with Crippen LogP contribution in [0, 0.1) is 10.1 Å². The van der Waals surface area contributed by atoms with Gasteiger partial charge in [0.2, 0.25) is 0 Å². The quantitative estimate of drug-likeness (QED) is 0.239. The fraction of sp³-hybridized carbons (Fsp3) is 0.0500. The van der Waals surface area contributed by atoms with E-state index in [0.29, 0.717) is 5.75 Å². The van der Waals surface area contributed by atoms with E-state index in [1.54, 1.807) is 30.3 Å². The molecule has 0 aliphatic heterocycles. The Morgan fingerprint density at radius 1 is 0.923 bits per heavy atom. The molecule has 4 rings (SSSR count). The van der Waals surface area contributed by atoms with Gasteiger partial charge in [0.05, 0.1) is 10.4 Å². The van der Waals surface area contributed by atoms with Crippen LogP contribution in [0.5, 0.6) is 5.75 Å². The maximum Gasteiger partial charge on any atom is 0.331 e. The van der Waals surface area contributed by atoms with Crippen molar-refractivity contribution >= 4 is 33.5 Å². The molecule has 0 N–H and O–H groups in total. The molecular weight excluding hydrogens is 332 g/mol. The van der Waals surface area contributed by atoms with E-state index in [1.165, 1.54) is 12.1 Å². The number of carbonyl (C=O) groups is 1. The van der Waals surface area contributed by atoms with E-state index < -0.39 is 10.9 Å². The SMILES string of the molecule is O=C(Cn1c2ccccc2c2cc([N+](=O)[O-])ccc21)Oc1ccccc1. The summed E-state index contributed by atoms with van der Waals surface area (Å²) in [6, 6.07) is 21.0. The lowest BCUT2D eigenvalue weighted by atomic mass is 10.1. The predicted octanol–water partition coefficient (Wildman–Crippen LogP) is 4.31. The average Bonchev–Trinajstić information content (AvgIpc) is 2.96. The first kappa shape index (κ1) is 15.8. The van der Waals surface area contributed by atoms with Gasteiger partial charge in [-0.1, -0.05) is 36.4 Å². The molecule has 1 heterocycles. The van der Waals surface area contributed by atoms with Crippen LogP contribution in [-0.2, 0) is 11.3 Å². The number of benzene rings is 3. The Morgan fingerprint density at radius 3 is 2.38 bits per heavy atom. The van der Waals surface area contributed by atoms with Gasteiger partial charge in [-0.25, -0.2) is 4.79 Å². The molecule has 0 saturated carbocycles. The lowest BCUT2D eigenvalue weighted by molar-refractivity contribution is -0.384. The molecule has 6 nitrogen and oxygen atoms in total. The summed E-state index contributed by atoms with van der Waals surface area (Å²) in [6.45, 7) is 0.0106. The summed E-state index contributed by atoms with van der Waals surface area (Å²) in [6.07, 6.45) is 0. The lowest BCUT2D eigenvalue weighted by Crippen LogP contribution is -2.16. The highest BCUT2D eigenvalue weighted by Crippen LogP contribution is 2.31. The fourth-order valence-corrected chi connectivity index (χ4v) is 3.11. The Labute approximate surface area is 148 Å². The molecule has 4 aromatic rings.